The quantitative estimate of drug-likeness (QED) is 0.299. The van der Waals surface area contributed by atoms with Gasteiger partial charge in [-0.15, -0.1) is 10.2 Å². The van der Waals surface area contributed by atoms with E-state index in [0.717, 1.165) is 16.0 Å². The Kier molecular flexibility index (Phi) is 7.39. The van der Waals surface area contributed by atoms with E-state index in [4.69, 9.17) is 30.2 Å². The summed E-state index contributed by atoms with van der Waals surface area (Å²) < 4.78 is 26.0. The summed E-state index contributed by atoms with van der Waals surface area (Å²) in [6, 6.07) is 20.4. The van der Waals surface area contributed by atoms with E-state index in [1.54, 1.807) is 21.3 Å². The number of nitrogens with one attached hydrogen (secondary N) is 1. The number of hydrogen-bond donors (Lipinski definition) is 1. The second kappa shape index (κ2) is 10.6. The molecule has 0 aliphatic carbocycles. The highest BCUT2D eigenvalue weighted by atomic mass is 35.5. The van der Waals surface area contributed by atoms with Crippen molar-refractivity contribution in [1.29, 1.82) is 0 Å². The molecule has 0 aliphatic rings. The first-order valence-electron chi connectivity index (χ1n) is 9.99. The molecular weight excluding hydrogens is 462 g/mol. The Morgan fingerprint density at radius 2 is 1.55 bits per heavy atom. The largest absolute Gasteiger partial charge is 0.493 e. The molecule has 0 saturated carbocycles. The molecule has 33 heavy (non-hydrogen) atoms. The van der Waals surface area contributed by atoms with E-state index in [2.05, 4.69) is 14.9 Å². The third-order valence-corrected chi connectivity index (χ3v) is 5.95. The van der Waals surface area contributed by atoms with Crippen LogP contribution in [0.1, 0.15) is 17.5 Å². The smallest absolute Gasteiger partial charge is 0.247 e. The fourth-order valence-electron chi connectivity index (χ4n) is 3.21. The number of halogens is 1. The molecule has 0 amide bonds. The average Bonchev–Trinajstić information content (AvgIpc) is 3.35. The molecule has 170 valence electrons. The topological polar surface area (TPSA) is 78.6 Å². The van der Waals surface area contributed by atoms with Crippen molar-refractivity contribution < 1.29 is 18.6 Å². The van der Waals surface area contributed by atoms with Gasteiger partial charge in [0.1, 0.15) is 6.04 Å². The molecule has 3 aromatic carbocycles. The summed E-state index contributed by atoms with van der Waals surface area (Å²) in [5.41, 5.74) is 1.64. The molecule has 1 atom stereocenters. The number of rotatable bonds is 9. The van der Waals surface area contributed by atoms with Gasteiger partial charge in [0.05, 0.1) is 21.3 Å². The predicted octanol–water partition coefficient (Wildman–Crippen LogP) is 5.80. The Morgan fingerprint density at radius 3 is 2.15 bits per heavy atom. The minimum Gasteiger partial charge on any atom is -0.493 e. The molecule has 0 bridgehead atoms. The molecule has 0 fully saturated rings. The first kappa shape index (κ1) is 23.0. The van der Waals surface area contributed by atoms with Gasteiger partial charge in [-0.2, -0.15) is 0 Å². The maximum atomic E-state index is 6.07. The van der Waals surface area contributed by atoms with E-state index >= 15 is 0 Å². The monoisotopic (exact) mass is 483 g/mol. The van der Waals surface area contributed by atoms with Gasteiger partial charge >= 0.3 is 0 Å². The number of ether oxygens (including phenoxy) is 3. The lowest BCUT2D eigenvalue weighted by molar-refractivity contribution is 0.323. The SMILES string of the molecule is COc1cc(C(NSc2ccc(Cl)cc2)c2nnc(-c3ccccc3)o2)cc(OC)c1OC. The van der Waals surface area contributed by atoms with Crippen molar-refractivity contribution in [2.75, 3.05) is 21.3 Å². The Balaban J connectivity index is 1.73. The van der Waals surface area contributed by atoms with Crippen LogP contribution in [-0.2, 0) is 0 Å². The second-order valence-electron chi connectivity index (χ2n) is 6.88. The molecule has 0 spiro atoms. The van der Waals surface area contributed by atoms with Crippen molar-refractivity contribution >= 4 is 23.5 Å². The van der Waals surface area contributed by atoms with Crippen LogP contribution >= 0.6 is 23.5 Å². The summed E-state index contributed by atoms with van der Waals surface area (Å²) in [6.07, 6.45) is 0. The Bertz CT molecular complexity index is 1180. The van der Waals surface area contributed by atoms with E-state index < -0.39 is 6.04 Å². The van der Waals surface area contributed by atoms with Crippen molar-refractivity contribution in [2.45, 2.75) is 10.9 Å². The van der Waals surface area contributed by atoms with Crippen LogP contribution in [0.3, 0.4) is 0 Å². The summed E-state index contributed by atoms with van der Waals surface area (Å²) >= 11 is 7.44. The van der Waals surface area contributed by atoms with Crippen molar-refractivity contribution in [3.8, 4) is 28.7 Å². The van der Waals surface area contributed by atoms with Crippen LogP contribution in [-0.4, -0.2) is 31.5 Å². The number of hydrogen-bond acceptors (Lipinski definition) is 8. The summed E-state index contributed by atoms with van der Waals surface area (Å²) in [5, 5.41) is 9.24. The summed E-state index contributed by atoms with van der Waals surface area (Å²) in [5.74, 6) is 2.38. The standard InChI is InChI=1S/C24H22ClN3O4S/c1-29-19-13-16(14-20(30-2)22(19)31-3)21(28-33-18-11-9-17(25)10-12-18)24-27-26-23(32-24)15-7-5-4-6-8-15/h4-14,21,28H,1-3H3. The van der Waals surface area contributed by atoms with Gasteiger partial charge in [0.25, 0.3) is 0 Å². The van der Waals surface area contributed by atoms with E-state index in [9.17, 15) is 0 Å². The van der Waals surface area contributed by atoms with E-state index in [-0.39, 0.29) is 0 Å². The molecule has 1 unspecified atom stereocenters. The molecule has 4 aromatic rings. The lowest BCUT2D eigenvalue weighted by Crippen LogP contribution is -2.16. The average molecular weight is 484 g/mol. The van der Waals surface area contributed by atoms with Gasteiger partial charge in [-0.1, -0.05) is 29.8 Å². The van der Waals surface area contributed by atoms with E-state index in [1.807, 2.05) is 66.7 Å². The molecule has 4 rings (SSSR count). The molecule has 1 heterocycles. The van der Waals surface area contributed by atoms with Crippen LogP contribution in [0.25, 0.3) is 11.5 Å². The second-order valence-corrected chi connectivity index (χ2v) is 8.22. The van der Waals surface area contributed by atoms with E-state index in [0.29, 0.717) is 34.1 Å². The van der Waals surface area contributed by atoms with Gasteiger partial charge in [-0.05, 0) is 66.0 Å². The fourth-order valence-corrected chi connectivity index (χ4v) is 4.10. The zero-order valence-electron chi connectivity index (χ0n) is 18.2. The van der Waals surface area contributed by atoms with Crippen molar-refractivity contribution in [3.63, 3.8) is 0 Å². The first-order valence-corrected chi connectivity index (χ1v) is 11.2. The lowest BCUT2D eigenvalue weighted by atomic mass is 10.1. The van der Waals surface area contributed by atoms with Gasteiger partial charge in [-0.25, -0.2) is 4.72 Å². The molecule has 0 aliphatic heterocycles. The minimum atomic E-state index is -0.468. The highest BCUT2D eigenvalue weighted by Crippen LogP contribution is 2.41. The Labute approximate surface area is 201 Å². The van der Waals surface area contributed by atoms with Crippen LogP contribution < -0.4 is 18.9 Å². The predicted molar refractivity (Wildman–Crippen MR) is 128 cm³/mol. The molecular formula is C24H22ClN3O4S. The highest BCUT2D eigenvalue weighted by molar-refractivity contribution is 7.97. The van der Waals surface area contributed by atoms with E-state index in [1.165, 1.54) is 11.9 Å². The van der Waals surface area contributed by atoms with Gasteiger partial charge in [0.15, 0.2) is 11.5 Å². The van der Waals surface area contributed by atoms with Gasteiger partial charge in [0, 0.05) is 15.5 Å². The van der Waals surface area contributed by atoms with Gasteiger partial charge < -0.3 is 18.6 Å². The van der Waals surface area contributed by atoms with Crippen molar-refractivity contribution in [1.82, 2.24) is 14.9 Å². The zero-order valence-corrected chi connectivity index (χ0v) is 19.8. The number of aromatic nitrogens is 2. The van der Waals surface area contributed by atoms with Gasteiger partial charge in [-0.3, -0.25) is 0 Å². The van der Waals surface area contributed by atoms with Crippen molar-refractivity contribution in [3.05, 3.63) is 83.2 Å². The molecule has 9 heteroatoms. The third-order valence-electron chi connectivity index (χ3n) is 4.84. The van der Waals surface area contributed by atoms with Crippen LogP contribution in [0, 0.1) is 0 Å². The maximum absolute atomic E-state index is 6.07. The Hall–Kier alpha value is -3.20. The number of nitrogens with zero attached hydrogens (tertiary/aromatic N) is 2. The summed E-state index contributed by atoms with van der Waals surface area (Å²) in [4.78, 5) is 0.972. The third kappa shape index (κ3) is 5.24. The highest BCUT2D eigenvalue weighted by Gasteiger charge is 2.25. The van der Waals surface area contributed by atoms with Crippen LogP contribution in [0.4, 0.5) is 0 Å². The van der Waals surface area contributed by atoms with Gasteiger partial charge in [0.2, 0.25) is 17.5 Å². The molecule has 0 radical (unpaired) electrons. The lowest BCUT2D eigenvalue weighted by Gasteiger charge is -2.19. The summed E-state index contributed by atoms with van der Waals surface area (Å²) in [6.45, 7) is 0. The zero-order chi connectivity index (χ0) is 23.2. The van der Waals surface area contributed by atoms with Crippen LogP contribution in [0.2, 0.25) is 5.02 Å². The molecule has 7 nitrogen and oxygen atoms in total. The minimum absolute atomic E-state index is 0.393. The van der Waals surface area contributed by atoms with Crippen LogP contribution in [0.5, 0.6) is 17.2 Å². The normalized spacial score (nSPS) is 11.8. The molecule has 1 aromatic heterocycles. The number of methoxy groups -OCH3 is 3. The number of benzene rings is 3. The Morgan fingerprint density at radius 1 is 0.879 bits per heavy atom. The maximum Gasteiger partial charge on any atom is 0.247 e. The molecule has 1 N–H and O–H groups in total. The first-order chi connectivity index (χ1) is 16.1. The summed E-state index contributed by atoms with van der Waals surface area (Å²) in [7, 11) is 4.72. The van der Waals surface area contributed by atoms with Crippen molar-refractivity contribution in [2.24, 2.45) is 0 Å². The fraction of sp³-hybridized carbons (Fsp3) is 0.167. The van der Waals surface area contributed by atoms with Crippen LogP contribution in [0.15, 0.2) is 76.0 Å². The molecule has 0 saturated heterocycles.